The van der Waals surface area contributed by atoms with Crippen LogP contribution >= 0.6 is 11.6 Å². The highest BCUT2D eigenvalue weighted by Crippen LogP contribution is 2.29. The highest BCUT2D eigenvalue weighted by Gasteiger charge is 2.25. The van der Waals surface area contributed by atoms with Gasteiger partial charge in [-0.25, -0.2) is 19.1 Å². The van der Waals surface area contributed by atoms with Gasteiger partial charge in [0.25, 0.3) is 5.56 Å². The number of imidazole rings is 1. The molecule has 12 heteroatoms. The van der Waals surface area contributed by atoms with Gasteiger partial charge in [-0.3, -0.25) is 13.9 Å². The van der Waals surface area contributed by atoms with E-state index >= 15 is 0 Å². The van der Waals surface area contributed by atoms with E-state index in [1.807, 2.05) is 42.5 Å². The summed E-state index contributed by atoms with van der Waals surface area (Å²) < 4.78 is 11.0. The van der Waals surface area contributed by atoms with Gasteiger partial charge < -0.3 is 14.6 Å². The third-order valence-electron chi connectivity index (χ3n) is 7.18. The van der Waals surface area contributed by atoms with E-state index in [-0.39, 0.29) is 17.7 Å². The molecule has 11 nitrogen and oxygen atoms in total. The van der Waals surface area contributed by atoms with Crippen LogP contribution in [0.2, 0.25) is 5.02 Å². The number of benzene rings is 2. The number of hydrogen-bond donors (Lipinski definition) is 1. The van der Waals surface area contributed by atoms with Crippen LogP contribution in [0, 0.1) is 0 Å². The number of carbonyl (C=O) groups excluding carboxylic acids is 1. The number of fused-ring (bicyclic) bond motifs is 2. The van der Waals surface area contributed by atoms with Crippen LogP contribution < -0.4 is 16.6 Å². The lowest BCUT2D eigenvalue weighted by atomic mass is 10.1. The Morgan fingerprint density at radius 3 is 2.39 bits per heavy atom. The van der Waals surface area contributed by atoms with E-state index in [9.17, 15) is 14.4 Å². The monoisotopic (exact) mass is 611 g/mol. The van der Waals surface area contributed by atoms with Gasteiger partial charge in [0.05, 0.1) is 23.4 Å². The predicted molar refractivity (Wildman–Crippen MR) is 171 cm³/mol. The van der Waals surface area contributed by atoms with Crippen LogP contribution in [-0.2, 0) is 25.4 Å². The topological polar surface area (TPSA) is 118 Å². The second-order valence-corrected chi connectivity index (χ2v) is 11.8. The number of pyridine rings is 1. The molecule has 0 atom stereocenters. The van der Waals surface area contributed by atoms with Gasteiger partial charge in [-0.1, -0.05) is 54.1 Å². The van der Waals surface area contributed by atoms with Gasteiger partial charge in [0.15, 0.2) is 11.2 Å². The van der Waals surface area contributed by atoms with E-state index in [0.717, 1.165) is 15.8 Å². The third kappa shape index (κ3) is 5.15. The van der Waals surface area contributed by atoms with E-state index in [2.05, 4.69) is 10.3 Å². The molecule has 6 rings (SSSR count). The summed E-state index contributed by atoms with van der Waals surface area (Å²) in [6.45, 7) is 5.08. The molecule has 6 aromatic rings. The lowest BCUT2D eigenvalue weighted by molar-refractivity contribution is 0.0540. The summed E-state index contributed by atoms with van der Waals surface area (Å²) in [5, 5.41) is 4.20. The van der Waals surface area contributed by atoms with Crippen LogP contribution in [-0.4, -0.2) is 39.9 Å². The van der Waals surface area contributed by atoms with Crippen molar-refractivity contribution in [3.8, 4) is 11.3 Å². The molecule has 0 saturated carbocycles. The van der Waals surface area contributed by atoms with Gasteiger partial charge in [-0.15, -0.1) is 0 Å². The first kappa shape index (κ1) is 28.9. The summed E-state index contributed by atoms with van der Waals surface area (Å²) in [6, 6.07) is 22.2. The van der Waals surface area contributed by atoms with E-state index in [4.69, 9.17) is 21.3 Å². The molecule has 0 fully saturated rings. The molecule has 0 bridgehead atoms. The standard InChI is InChI=1S/C32H30ClN7O4/c1-32(2,3)44-31(43)40-20(17-21-22(33)13-9-15-24(21)40)18-39-28(41)26-27(38(5)30(39)42)36-29(37(26)4)35-25-16-10-14-23(34-25)19-11-7-6-8-12-19/h6-17H,18H2,1-5H3,(H,34,35,36). The second kappa shape index (κ2) is 10.8. The van der Waals surface area contributed by atoms with E-state index in [0.29, 0.717) is 33.4 Å². The van der Waals surface area contributed by atoms with Crippen molar-refractivity contribution in [1.82, 2.24) is 28.2 Å². The molecule has 1 N–H and O–H groups in total. The molecule has 2 aromatic carbocycles. The zero-order chi connectivity index (χ0) is 31.3. The molecular weight excluding hydrogens is 582 g/mol. The Kier molecular flexibility index (Phi) is 7.13. The molecule has 0 unspecified atom stereocenters. The van der Waals surface area contributed by atoms with Crippen LogP contribution in [0.3, 0.4) is 0 Å². The molecule has 0 amide bonds. The average molecular weight is 612 g/mol. The first-order valence-corrected chi connectivity index (χ1v) is 14.3. The van der Waals surface area contributed by atoms with Crippen LogP contribution in [0.25, 0.3) is 33.3 Å². The van der Waals surface area contributed by atoms with Gasteiger partial charge in [0, 0.05) is 30.1 Å². The van der Waals surface area contributed by atoms with E-state index in [1.54, 1.807) is 69.8 Å². The fourth-order valence-corrected chi connectivity index (χ4v) is 5.36. The minimum atomic E-state index is -0.775. The molecule has 4 heterocycles. The van der Waals surface area contributed by atoms with Crippen LogP contribution in [0.1, 0.15) is 26.5 Å². The van der Waals surface area contributed by atoms with Crippen LogP contribution in [0.4, 0.5) is 16.6 Å². The Bertz CT molecular complexity index is 2190. The number of carbonyl (C=O) groups is 1. The molecular formula is C32H30ClN7O4. The number of nitrogens with zero attached hydrogens (tertiary/aromatic N) is 6. The number of hydrogen-bond acceptors (Lipinski definition) is 7. The SMILES string of the molecule is Cn1c(Nc2cccc(-c3ccccc3)n2)nc2c1c(=O)n(Cc1cc3c(Cl)cccc3n1C(=O)OC(C)(C)C)c(=O)n2C. The molecule has 4 aromatic heterocycles. The number of aryl methyl sites for hydroxylation is 2. The predicted octanol–water partition coefficient (Wildman–Crippen LogP) is 5.68. The molecule has 224 valence electrons. The molecule has 0 saturated heterocycles. The number of nitrogens with one attached hydrogen (secondary N) is 1. The van der Waals surface area contributed by atoms with Crippen molar-refractivity contribution in [2.45, 2.75) is 32.9 Å². The van der Waals surface area contributed by atoms with Gasteiger partial charge in [0.1, 0.15) is 11.4 Å². The first-order valence-electron chi connectivity index (χ1n) is 13.9. The van der Waals surface area contributed by atoms with Crippen molar-refractivity contribution < 1.29 is 9.53 Å². The molecule has 0 radical (unpaired) electrons. The van der Waals surface area contributed by atoms with Crippen molar-refractivity contribution in [1.29, 1.82) is 0 Å². The Labute approximate surface area is 256 Å². The average Bonchev–Trinajstić information content (AvgIpc) is 3.52. The molecule has 0 spiro atoms. The summed E-state index contributed by atoms with van der Waals surface area (Å²) in [5.74, 6) is 0.853. The van der Waals surface area contributed by atoms with Crippen molar-refractivity contribution in [2.75, 3.05) is 5.32 Å². The van der Waals surface area contributed by atoms with Crippen molar-refractivity contribution in [2.24, 2.45) is 14.1 Å². The number of aromatic nitrogens is 6. The van der Waals surface area contributed by atoms with Crippen molar-refractivity contribution in [3.05, 3.63) is 104 Å². The summed E-state index contributed by atoms with van der Waals surface area (Å²) >= 11 is 6.46. The highest BCUT2D eigenvalue weighted by molar-refractivity contribution is 6.35. The number of anilines is 2. The van der Waals surface area contributed by atoms with Gasteiger partial charge in [0.2, 0.25) is 5.95 Å². The fraction of sp³-hybridized carbons (Fsp3) is 0.219. The van der Waals surface area contributed by atoms with Gasteiger partial charge >= 0.3 is 11.8 Å². The summed E-state index contributed by atoms with van der Waals surface area (Å²) in [7, 11) is 3.23. The Balaban J connectivity index is 1.44. The Hall–Kier alpha value is -5.16. The smallest absolute Gasteiger partial charge is 0.419 e. The van der Waals surface area contributed by atoms with Crippen molar-refractivity contribution >= 4 is 51.5 Å². The maximum absolute atomic E-state index is 13.9. The minimum absolute atomic E-state index is 0.201. The fourth-order valence-electron chi connectivity index (χ4n) is 5.13. The van der Waals surface area contributed by atoms with Crippen molar-refractivity contribution in [3.63, 3.8) is 0 Å². The Morgan fingerprint density at radius 2 is 1.66 bits per heavy atom. The zero-order valence-electron chi connectivity index (χ0n) is 24.8. The molecule has 0 aliphatic rings. The molecule has 0 aliphatic carbocycles. The number of ether oxygens (including phenoxy) is 1. The maximum atomic E-state index is 13.9. The van der Waals surface area contributed by atoms with Crippen LogP contribution in [0.15, 0.2) is 82.4 Å². The largest absolute Gasteiger partial charge is 0.443 e. The normalized spacial score (nSPS) is 11.8. The van der Waals surface area contributed by atoms with E-state index in [1.165, 1.54) is 9.13 Å². The van der Waals surface area contributed by atoms with Gasteiger partial charge in [-0.05, 0) is 51.1 Å². The second-order valence-electron chi connectivity index (χ2n) is 11.4. The number of rotatable bonds is 5. The summed E-state index contributed by atoms with van der Waals surface area (Å²) in [4.78, 5) is 50.1. The van der Waals surface area contributed by atoms with Gasteiger partial charge in [-0.2, -0.15) is 4.98 Å². The summed E-state index contributed by atoms with van der Waals surface area (Å²) in [5.41, 5.74) is 1.06. The summed E-state index contributed by atoms with van der Waals surface area (Å²) in [6.07, 6.45) is -0.645. The quantitative estimate of drug-likeness (QED) is 0.266. The lowest BCUT2D eigenvalue weighted by Crippen LogP contribution is -2.40. The number of halogens is 1. The third-order valence-corrected chi connectivity index (χ3v) is 7.51. The molecule has 0 aliphatic heterocycles. The lowest BCUT2D eigenvalue weighted by Gasteiger charge is -2.21. The minimum Gasteiger partial charge on any atom is -0.443 e. The maximum Gasteiger partial charge on any atom is 0.419 e. The molecule has 44 heavy (non-hydrogen) atoms. The highest BCUT2D eigenvalue weighted by atomic mass is 35.5. The van der Waals surface area contributed by atoms with Crippen LogP contribution in [0.5, 0.6) is 0 Å². The van der Waals surface area contributed by atoms with E-state index < -0.39 is 22.9 Å². The first-order chi connectivity index (χ1) is 20.9. The Morgan fingerprint density at radius 1 is 0.932 bits per heavy atom. The zero-order valence-corrected chi connectivity index (χ0v) is 25.6.